The Hall–Kier alpha value is -0.830. The van der Waals surface area contributed by atoms with E-state index in [1.165, 1.54) is 24.1 Å². The standard InChI is InChI=1S/C10H19N3/c1-4-5-6-13-9(2)10(7-11-3)8-12-13/h8,11H,4-7H2,1-3H3. The molecule has 1 N–H and O–H groups in total. The van der Waals surface area contributed by atoms with Gasteiger partial charge in [0.1, 0.15) is 0 Å². The molecule has 0 aromatic carbocycles. The Kier molecular flexibility index (Phi) is 3.96. The van der Waals surface area contributed by atoms with Gasteiger partial charge in [0, 0.05) is 24.3 Å². The molecule has 1 rings (SSSR count). The van der Waals surface area contributed by atoms with Crippen LogP contribution in [0.3, 0.4) is 0 Å². The molecule has 0 spiro atoms. The molecule has 3 heteroatoms. The number of unbranched alkanes of at least 4 members (excludes halogenated alkanes) is 1. The highest BCUT2D eigenvalue weighted by molar-refractivity contribution is 5.15. The highest BCUT2D eigenvalue weighted by Crippen LogP contribution is 2.07. The molecule has 0 aliphatic heterocycles. The van der Waals surface area contributed by atoms with Gasteiger partial charge in [0.05, 0.1) is 6.20 Å². The van der Waals surface area contributed by atoms with Gasteiger partial charge in [-0.15, -0.1) is 0 Å². The number of hydrogen-bond acceptors (Lipinski definition) is 2. The first-order valence-electron chi connectivity index (χ1n) is 4.95. The molecule has 0 atom stereocenters. The average molecular weight is 181 g/mol. The number of nitrogens with one attached hydrogen (secondary N) is 1. The van der Waals surface area contributed by atoms with E-state index in [0.29, 0.717) is 0 Å². The minimum Gasteiger partial charge on any atom is -0.316 e. The van der Waals surface area contributed by atoms with Crippen molar-refractivity contribution < 1.29 is 0 Å². The summed E-state index contributed by atoms with van der Waals surface area (Å²) in [7, 11) is 1.96. The normalized spacial score (nSPS) is 10.7. The second-order valence-corrected chi connectivity index (χ2v) is 3.36. The molecule has 0 aliphatic carbocycles. The predicted octanol–water partition coefficient (Wildman–Crippen LogP) is 1.71. The maximum absolute atomic E-state index is 4.35. The second kappa shape index (κ2) is 5.02. The largest absolute Gasteiger partial charge is 0.316 e. The Bertz CT molecular complexity index is 253. The van der Waals surface area contributed by atoms with Crippen molar-refractivity contribution in [2.45, 2.75) is 39.8 Å². The fraction of sp³-hybridized carbons (Fsp3) is 0.700. The zero-order chi connectivity index (χ0) is 9.68. The van der Waals surface area contributed by atoms with Gasteiger partial charge < -0.3 is 5.32 Å². The molecule has 0 unspecified atom stereocenters. The smallest absolute Gasteiger partial charge is 0.0537 e. The van der Waals surface area contributed by atoms with Gasteiger partial charge in [0.15, 0.2) is 0 Å². The van der Waals surface area contributed by atoms with Crippen LogP contribution in [0.25, 0.3) is 0 Å². The summed E-state index contributed by atoms with van der Waals surface area (Å²) < 4.78 is 2.09. The van der Waals surface area contributed by atoms with E-state index in [-0.39, 0.29) is 0 Å². The molecule has 0 saturated carbocycles. The second-order valence-electron chi connectivity index (χ2n) is 3.36. The molecular formula is C10H19N3. The number of aryl methyl sites for hydroxylation is 1. The zero-order valence-electron chi connectivity index (χ0n) is 8.80. The monoisotopic (exact) mass is 181 g/mol. The molecular weight excluding hydrogens is 162 g/mol. The van der Waals surface area contributed by atoms with Crippen LogP contribution < -0.4 is 5.32 Å². The Morgan fingerprint density at radius 1 is 1.54 bits per heavy atom. The van der Waals surface area contributed by atoms with Crippen LogP contribution in [-0.4, -0.2) is 16.8 Å². The third kappa shape index (κ3) is 2.56. The number of nitrogens with zero attached hydrogens (tertiary/aromatic N) is 2. The summed E-state index contributed by atoms with van der Waals surface area (Å²) in [5.74, 6) is 0. The quantitative estimate of drug-likeness (QED) is 0.749. The van der Waals surface area contributed by atoms with Crippen molar-refractivity contribution in [3.05, 3.63) is 17.5 Å². The molecule has 13 heavy (non-hydrogen) atoms. The Balaban J connectivity index is 2.62. The minimum absolute atomic E-state index is 0.915. The van der Waals surface area contributed by atoms with E-state index in [1.54, 1.807) is 0 Å². The number of hydrogen-bond donors (Lipinski definition) is 1. The van der Waals surface area contributed by atoms with Gasteiger partial charge in [-0.05, 0) is 20.4 Å². The van der Waals surface area contributed by atoms with Gasteiger partial charge >= 0.3 is 0 Å². The summed E-state index contributed by atoms with van der Waals surface area (Å²) in [6.45, 7) is 6.30. The van der Waals surface area contributed by atoms with Gasteiger partial charge in [-0.25, -0.2) is 0 Å². The SMILES string of the molecule is CCCCn1ncc(CNC)c1C. The summed E-state index contributed by atoms with van der Waals surface area (Å²) in [4.78, 5) is 0. The molecule has 0 aliphatic rings. The summed E-state index contributed by atoms with van der Waals surface area (Å²) in [5.41, 5.74) is 2.60. The average Bonchev–Trinajstić information content (AvgIpc) is 2.46. The first-order valence-corrected chi connectivity index (χ1v) is 4.95. The zero-order valence-corrected chi connectivity index (χ0v) is 8.80. The Morgan fingerprint density at radius 2 is 2.31 bits per heavy atom. The van der Waals surface area contributed by atoms with E-state index in [9.17, 15) is 0 Å². The van der Waals surface area contributed by atoms with E-state index < -0.39 is 0 Å². The molecule has 0 fully saturated rings. The summed E-state index contributed by atoms with van der Waals surface area (Å²) >= 11 is 0. The summed E-state index contributed by atoms with van der Waals surface area (Å²) in [6.07, 6.45) is 4.39. The van der Waals surface area contributed by atoms with Crippen LogP contribution in [0.1, 0.15) is 31.0 Å². The lowest BCUT2D eigenvalue weighted by Gasteiger charge is -2.03. The molecule has 0 bridgehead atoms. The van der Waals surface area contributed by atoms with E-state index >= 15 is 0 Å². The van der Waals surface area contributed by atoms with E-state index in [4.69, 9.17) is 0 Å². The van der Waals surface area contributed by atoms with Gasteiger partial charge in [-0.1, -0.05) is 13.3 Å². The fourth-order valence-electron chi connectivity index (χ4n) is 1.38. The fourth-order valence-corrected chi connectivity index (χ4v) is 1.38. The highest BCUT2D eigenvalue weighted by atomic mass is 15.3. The van der Waals surface area contributed by atoms with Gasteiger partial charge in [0.2, 0.25) is 0 Å². The summed E-state index contributed by atoms with van der Waals surface area (Å²) in [5, 5.41) is 7.49. The molecule has 0 radical (unpaired) electrons. The predicted molar refractivity (Wildman–Crippen MR) is 54.6 cm³/mol. The van der Waals surface area contributed by atoms with Crippen LogP contribution >= 0.6 is 0 Å². The maximum Gasteiger partial charge on any atom is 0.0537 e. The van der Waals surface area contributed by atoms with Gasteiger partial charge in [-0.3, -0.25) is 4.68 Å². The first-order chi connectivity index (χ1) is 6.29. The van der Waals surface area contributed by atoms with Crippen LogP contribution in [0.4, 0.5) is 0 Å². The molecule has 3 nitrogen and oxygen atoms in total. The molecule has 1 aromatic heterocycles. The summed E-state index contributed by atoms with van der Waals surface area (Å²) in [6, 6.07) is 0. The van der Waals surface area contributed by atoms with Crippen molar-refractivity contribution >= 4 is 0 Å². The van der Waals surface area contributed by atoms with Crippen LogP contribution in [-0.2, 0) is 13.1 Å². The molecule has 1 heterocycles. The van der Waals surface area contributed by atoms with Crippen molar-refractivity contribution in [2.24, 2.45) is 0 Å². The first kappa shape index (κ1) is 10.3. The van der Waals surface area contributed by atoms with Crippen molar-refractivity contribution in [1.29, 1.82) is 0 Å². The van der Waals surface area contributed by atoms with E-state index in [1.807, 2.05) is 13.2 Å². The maximum atomic E-state index is 4.35. The van der Waals surface area contributed by atoms with Crippen molar-refractivity contribution in [3.8, 4) is 0 Å². The topological polar surface area (TPSA) is 29.9 Å². The molecule has 74 valence electrons. The van der Waals surface area contributed by atoms with Crippen molar-refractivity contribution in [3.63, 3.8) is 0 Å². The highest BCUT2D eigenvalue weighted by Gasteiger charge is 2.03. The van der Waals surface area contributed by atoms with Crippen molar-refractivity contribution in [2.75, 3.05) is 7.05 Å². The minimum atomic E-state index is 0.915. The molecule has 0 amide bonds. The Labute approximate surface area is 80.1 Å². The lowest BCUT2D eigenvalue weighted by molar-refractivity contribution is 0.557. The number of aromatic nitrogens is 2. The van der Waals surface area contributed by atoms with Gasteiger partial charge in [0.25, 0.3) is 0 Å². The lowest BCUT2D eigenvalue weighted by atomic mass is 10.2. The lowest BCUT2D eigenvalue weighted by Crippen LogP contribution is -2.07. The van der Waals surface area contributed by atoms with Crippen LogP contribution in [0, 0.1) is 6.92 Å². The molecule has 1 aromatic rings. The van der Waals surface area contributed by atoms with Crippen molar-refractivity contribution in [1.82, 2.24) is 15.1 Å². The van der Waals surface area contributed by atoms with Crippen LogP contribution in [0.5, 0.6) is 0 Å². The third-order valence-corrected chi connectivity index (χ3v) is 2.30. The third-order valence-electron chi connectivity index (χ3n) is 2.30. The van der Waals surface area contributed by atoms with Gasteiger partial charge in [-0.2, -0.15) is 5.10 Å². The number of rotatable bonds is 5. The van der Waals surface area contributed by atoms with Crippen LogP contribution in [0.2, 0.25) is 0 Å². The van der Waals surface area contributed by atoms with E-state index in [0.717, 1.165) is 13.1 Å². The molecule has 0 saturated heterocycles. The van der Waals surface area contributed by atoms with Crippen LogP contribution in [0.15, 0.2) is 6.20 Å². The Morgan fingerprint density at radius 3 is 2.92 bits per heavy atom. The van der Waals surface area contributed by atoms with E-state index in [2.05, 4.69) is 28.9 Å².